The summed E-state index contributed by atoms with van der Waals surface area (Å²) in [7, 11) is -3.84. The largest absolute Gasteiger partial charge is 0.348 e. The van der Waals surface area contributed by atoms with Gasteiger partial charge in [0.1, 0.15) is 18.0 Å². The third-order valence-electron chi connectivity index (χ3n) is 6.58. The molecule has 3 aromatic rings. The van der Waals surface area contributed by atoms with Crippen LogP contribution in [0.15, 0.2) is 47.8 Å². The number of nitrogens with zero attached hydrogens (tertiary/aromatic N) is 4. The number of likely N-dealkylation sites (tertiary alicyclic amines) is 1. The van der Waals surface area contributed by atoms with Gasteiger partial charge in [0.05, 0.1) is 33.9 Å². The quantitative estimate of drug-likeness (QED) is 0.480. The van der Waals surface area contributed by atoms with Crippen molar-refractivity contribution in [3.8, 4) is 0 Å². The van der Waals surface area contributed by atoms with E-state index in [2.05, 4.69) is 14.6 Å². The molecule has 4 heterocycles. The molecule has 2 aliphatic heterocycles. The number of benzene rings is 1. The summed E-state index contributed by atoms with van der Waals surface area (Å²) >= 11 is 6.12. The van der Waals surface area contributed by atoms with Crippen molar-refractivity contribution in [3.05, 3.63) is 59.3 Å². The lowest BCUT2D eigenvalue weighted by molar-refractivity contribution is 0.0717. The molecule has 1 amide bonds. The van der Waals surface area contributed by atoms with Gasteiger partial charge in [0.15, 0.2) is 0 Å². The number of sulfonamides is 1. The van der Waals surface area contributed by atoms with Crippen molar-refractivity contribution in [3.63, 3.8) is 0 Å². The zero-order valence-corrected chi connectivity index (χ0v) is 20.3. The summed E-state index contributed by atoms with van der Waals surface area (Å²) in [6.45, 7) is 0.247. The number of carbonyl (C=O) groups is 1. The number of carbonyl (C=O) groups excluding carboxylic acids is 1. The van der Waals surface area contributed by atoms with Crippen molar-refractivity contribution in [2.75, 3.05) is 31.2 Å². The second-order valence-electron chi connectivity index (χ2n) is 8.80. The van der Waals surface area contributed by atoms with E-state index >= 15 is 0 Å². The third kappa shape index (κ3) is 4.48. The Bertz CT molecular complexity index is 1370. The molecule has 186 valence electrons. The predicted molar refractivity (Wildman–Crippen MR) is 128 cm³/mol. The van der Waals surface area contributed by atoms with Gasteiger partial charge in [0.2, 0.25) is 10.0 Å². The zero-order chi connectivity index (χ0) is 24.7. The Morgan fingerprint density at radius 1 is 1.17 bits per heavy atom. The maximum absolute atomic E-state index is 13.4. The van der Waals surface area contributed by atoms with Crippen LogP contribution in [-0.4, -0.2) is 67.0 Å². The molecule has 35 heavy (non-hydrogen) atoms. The Morgan fingerprint density at radius 2 is 1.91 bits per heavy atom. The molecule has 0 unspecified atom stereocenters. The lowest BCUT2D eigenvalue weighted by atomic mass is 10.1. The molecule has 1 N–H and O–H groups in total. The third-order valence-corrected chi connectivity index (χ3v) is 8.34. The van der Waals surface area contributed by atoms with Crippen LogP contribution < -0.4 is 9.62 Å². The van der Waals surface area contributed by atoms with Gasteiger partial charge in [-0.1, -0.05) is 11.6 Å². The van der Waals surface area contributed by atoms with E-state index in [1.165, 1.54) is 18.2 Å². The molecule has 0 saturated carbocycles. The summed E-state index contributed by atoms with van der Waals surface area (Å²) in [6, 6.07) is 6.79. The molecule has 2 aliphatic rings. The lowest BCUT2D eigenvalue weighted by Crippen LogP contribution is -2.56. The van der Waals surface area contributed by atoms with Crippen LogP contribution in [0.3, 0.4) is 0 Å². The minimum atomic E-state index is -3.84. The maximum Gasteiger partial charge on any atom is 0.255 e. The lowest BCUT2D eigenvalue weighted by Gasteiger charge is -2.42. The molecule has 0 aliphatic carbocycles. The summed E-state index contributed by atoms with van der Waals surface area (Å²) in [5.41, 5.74) is 0.870. The normalized spacial score (nSPS) is 20.1. The van der Waals surface area contributed by atoms with Crippen molar-refractivity contribution in [2.45, 2.75) is 36.2 Å². The maximum atomic E-state index is 13.4. The number of halogens is 3. The molecule has 2 aromatic heterocycles. The van der Waals surface area contributed by atoms with E-state index in [1.807, 2.05) is 4.40 Å². The van der Waals surface area contributed by atoms with Crippen LogP contribution in [0.5, 0.6) is 0 Å². The first kappa shape index (κ1) is 24.0. The second-order valence-corrected chi connectivity index (χ2v) is 11.0. The van der Waals surface area contributed by atoms with E-state index in [0.717, 1.165) is 18.9 Å². The van der Waals surface area contributed by atoms with Crippen LogP contribution in [0.4, 0.5) is 14.6 Å². The van der Waals surface area contributed by atoms with Crippen LogP contribution in [-0.2, 0) is 10.0 Å². The Balaban J connectivity index is 1.45. The standard InChI is InChI=1S/C23H24ClF2N5O3S/c24-21-8-15(26)2-5-20(21)23(32)29-12-16-3-4-17(13-29)31(16)22-10-19(9-18-11-27-14-30(18)22)35(33,34)28-7-1-6-25/h2,5,8-11,14,16-17,28H,1,3-4,6-7,12-13H2/t16-,17+. The van der Waals surface area contributed by atoms with Crippen LogP contribution in [0.2, 0.25) is 5.02 Å². The average molecular weight is 524 g/mol. The van der Waals surface area contributed by atoms with E-state index in [9.17, 15) is 22.0 Å². The summed E-state index contributed by atoms with van der Waals surface area (Å²) in [4.78, 5) is 21.3. The Hall–Kier alpha value is -2.76. The molecular weight excluding hydrogens is 500 g/mol. The number of amides is 1. The van der Waals surface area contributed by atoms with Gasteiger partial charge in [0, 0.05) is 31.7 Å². The number of anilines is 1. The van der Waals surface area contributed by atoms with Crippen molar-refractivity contribution in [1.29, 1.82) is 0 Å². The number of alkyl halides is 1. The number of rotatable bonds is 7. The number of imidazole rings is 1. The van der Waals surface area contributed by atoms with Gasteiger partial charge in [-0.05, 0) is 49.6 Å². The Kier molecular flexibility index (Phi) is 6.41. The van der Waals surface area contributed by atoms with E-state index in [1.54, 1.807) is 23.5 Å². The summed E-state index contributed by atoms with van der Waals surface area (Å²) in [5, 5.41) is 0.0723. The highest BCUT2D eigenvalue weighted by atomic mass is 35.5. The van der Waals surface area contributed by atoms with Crippen molar-refractivity contribution < 1.29 is 22.0 Å². The molecule has 2 bridgehead atoms. The van der Waals surface area contributed by atoms with Gasteiger partial charge in [-0.25, -0.2) is 22.5 Å². The first-order valence-corrected chi connectivity index (χ1v) is 13.2. The molecule has 0 radical (unpaired) electrons. The number of fused-ring (bicyclic) bond motifs is 3. The number of aromatic nitrogens is 2. The number of piperazine rings is 1. The molecule has 1 aromatic carbocycles. The van der Waals surface area contributed by atoms with E-state index in [4.69, 9.17) is 11.6 Å². The number of nitrogens with one attached hydrogen (secondary N) is 1. The Morgan fingerprint density at radius 3 is 2.60 bits per heavy atom. The van der Waals surface area contributed by atoms with Gasteiger partial charge < -0.3 is 9.80 Å². The number of hydrogen-bond donors (Lipinski definition) is 1. The average Bonchev–Trinajstić information content (AvgIpc) is 3.39. The molecule has 2 fully saturated rings. The van der Waals surface area contributed by atoms with E-state index in [0.29, 0.717) is 24.4 Å². The monoisotopic (exact) mass is 523 g/mol. The molecule has 5 rings (SSSR count). The van der Waals surface area contributed by atoms with Crippen molar-refractivity contribution in [2.24, 2.45) is 0 Å². The highest BCUT2D eigenvalue weighted by Gasteiger charge is 2.43. The first-order valence-electron chi connectivity index (χ1n) is 11.3. The molecule has 2 saturated heterocycles. The molecular formula is C23H24ClF2N5O3S. The first-order chi connectivity index (χ1) is 16.8. The van der Waals surface area contributed by atoms with Crippen LogP contribution in [0.1, 0.15) is 29.6 Å². The smallest absolute Gasteiger partial charge is 0.255 e. The van der Waals surface area contributed by atoms with Gasteiger partial charge in [0.25, 0.3) is 5.91 Å². The number of hydrogen-bond acceptors (Lipinski definition) is 5. The van der Waals surface area contributed by atoms with Gasteiger partial charge in [-0.2, -0.15) is 0 Å². The van der Waals surface area contributed by atoms with Crippen molar-refractivity contribution in [1.82, 2.24) is 19.0 Å². The minimum absolute atomic E-state index is 0.0105. The SMILES string of the molecule is O=C(c1ccc(F)cc1Cl)N1C[C@H]2CC[C@@H](C1)N2c1cc(S(=O)(=O)NCCCF)cc2cncn12. The Labute approximate surface area is 206 Å². The van der Waals surface area contributed by atoms with Gasteiger partial charge in [-0.15, -0.1) is 0 Å². The van der Waals surface area contributed by atoms with Crippen LogP contribution in [0.25, 0.3) is 5.52 Å². The molecule has 0 spiro atoms. The minimum Gasteiger partial charge on any atom is -0.348 e. The highest BCUT2D eigenvalue weighted by molar-refractivity contribution is 7.89. The zero-order valence-electron chi connectivity index (χ0n) is 18.7. The van der Waals surface area contributed by atoms with Crippen molar-refractivity contribution >= 4 is 38.9 Å². The molecule has 2 atom stereocenters. The van der Waals surface area contributed by atoms with Crippen LogP contribution in [0, 0.1) is 5.82 Å². The van der Waals surface area contributed by atoms with E-state index in [-0.39, 0.29) is 46.4 Å². The summed E-state index contributed by atoms with van der Waals surface area (Å²) < 4.78 is 55.9. The fourth-order valence-corrected chi connectivity index (χ4v) is 6.34. The van der Waals surface area contributed by atoms with Crippen LogP contribution >= 0.6 is 11.6 Å². The highest BCUT2D eigenvalue weighted by Crippen LogP contribution is 2.37. The summed E-state index contributed by atoms with van der Waals surface area (Å²) in [5.74, 6) is -0.0900. The predicted octanol–water partition coefficient (Wildman–Crippen LogP) is 3.26. The molecule has 12 heteroatoms. The second kappa shape index (κ2) is 9.36. The number of pyridine rings is 1. The van der Waals surface area contributed by atoms with Gasteiger partial charge in [-0.3, -0.25) is 13.6 Å². The fraction of sp³-hybridized carbons (Fsp3) is 0.391. The topological polar surface area (TPSA) is 87.0 Å². The summed E-state index contributed by atoms with van der Waals surface area (Å²) in [6.07, 6.45) is 4.97. The van der Waals surface area contributed by atoms with E-state index < -0.39 is 22.5 Å². The fourth-order valence-electron chi connectivity index (χ4n) is 4.97. The van der Waals surface area contributed by atoms with Gasteiger partial charge >= 0.3 is 0 Å². The molecule has 8 nitrogen and oxygen atoms in total.